The van der Waals surface area contributed by atoms with E-state index in [-0.39, 0.29) is 30.2 Å². The molecule has 1 atom stereocenters. The van der Waals surface area contributed by atoms with Gasteiger partial charge >= 0.3 is 0 Å². The van der Waals surface area contributed by atoms with Gasteiger partial charge in [-0.15, -0.1) is 0 Å². The smallest absolute Gasteiger partial charge is 0.287 e. The van der Waals surface area contributed by atoms with Crippen molar-refractivity contribution in [1.29, 1.82) is 0 Å². The molecule has 2 heterocycles. The zero-order valence-corrected chi connectivity index (χ0v) is 11.0. The molecule has 3 N–H and O–H groups in total. The van der Waals surface area contributed by atoms with Crippen molar-refractivity contribution in [3.05, 3.63) is 23.7 Å². The van der Waals surface area contributed by atoms with Gasteiger partial charge in [0, 0.05) is 25.6 Å². The summed E-state index contributed by atoms with van der Waals surface area (Å²) in [6, 6.07) is 3.18. The Hall–Kier alpha value is -1.82. The van der Waals surface area contributed by atoms with E-state index in [1.165, 1.54) is 0 Å². The normalized spacial score (nSPS) is 16.7. The van der Waals surface area contributed by atoms with Gasteiger partial charge in [-0.25, -0.2) is 0 Å². The first-order chi connectivity index (χ1) is 9.10. The van der Waals surface area contributed by atoms with Gasteiger partial charge in [0.15, 0.2) is 5.76 Å². The summed E-state index contributed by atoms with van der Waals surface area (Å²) in [5.74, 6) is 0.705. The number of hydrogen-bond acceptors (Lipinski definition) is 4. The van der Waals surface area contributed by atoms with Crippen LogP contribution < -0.4 is 11.1 Å². The molecule has 0 aromatic carbocycles. The van der Waals surface area contributed by atoms with Gasteiger partial charge in [-0.3, -0.25) is 9.59 Å². The second-order valence-electron chi connectivity index (χ2n) is 4.79. The molecule has 0 bridgehead atoms. The van der Waals surface area contributed by atoms with Crippen LogP contribution in [0.2, 0.25) is 0 Å². The summed E-state index contributed by atoms with van der Waals surface area (Å²) in [5, 5.41) is 2.81. The van der Waals surface area contributed by atoms with Gasteiger partial charge in [-0.1, -0.05) is 0 Å². The third-order valence-corrected chi connectivity index (χ3v) is 3.13. The summed E-state index contributed by atoms with van der Waals surface area (Å²) < 4.78 is 5.27. The molecule has 0 spiro atoms. The molecule has 1 aliphatic heterocycles. The largest absolute Gasteiger partial charge is 0.455 e. The molecule has 1 fully saturated rings. The molecule has 104 valence electrons. The standard InChI is InChI=1S/C13H19N3O3/c1-9(8-16-6-2-3-12(16)17)15-13(18)11-5-4-10(7-14)19-11/h4-5,9H,2-3,6-8,14H2,1H3,(H,15,18). The average Bonchev–Trinajstić information content (AvgIpc) is 2.99. The highest BCUT2D eigenvalue weighted by molar-refractivity contribution is 5.91. The minimum absolute atomic E-state index is 0.110. The molecule has 19 heavy (non-hydrogen) atoms. The summed E-state index contributed by atoms with van der Waals surface area (Å²) in [4.78, 5) is 25.2. The zero-order chi connectivity index (χ0) is 13.8. The number of likely N-dealkylation sites (tertiary alicyclic amines) is 1. The summed E-state index contributed by atoms with van der Waals surface area (Å²) >= 11 is 0. The van der Waals surface area contributed by atoms with E-state index in [0.717, 1.165) is 13.0 Å². The van der Waals surface area contributed by atoms with Gasteiger partial charge < -0.3 is 20.4 Å². The maximum Gasteiger partial charge on any atom is 0.287 e. The fourth-order valence-corrected chi connectivity index (χ4v) is 2.18. The Morgan fingerprint density at radius 3 is 2.95 bits per heavy atom. The monoisotopic (exact) mass is 265 g/mol. The molecule has 1 saturated heterocycles. The van der Waals surface area contributed by atoms with Gasteiger partial charge in [-0.2, -0.15) is 0 Å². The van der Waals surface area contributed by atoms with Gasteiger partial charge in [0.1, 0.15) is 5.76 Å². The fourth-order valence-electron chi connectivity index (χ4n) is 2.18. The van der Waals surface area contributed by atoms with Crippen molar-refractivity contribution in [2.75, 3.05) is 13.1 Å². The predicted octanol–water partition coefficient (Wildman–Crippen LogP) is 0.479. The van der Waals surface area contributed by atoms with Crippen LogP contribution in [0.25, 0.3) is 0 Å². The number of amides is 2. The lowest BCUT2D eigenvalue weighted by atomic mass is 10.3. The van der Waals surface area contributed by atoms with Crippen LogP contribution >= 0.6 is 0 Å². The van der Waals surface area contributed by atoms with Gasteiger partial charge in [0.25, 0.3) is 5.91 Å². The number of furan rings is 1. The topological polar surface area (TPSA) is 88.6 Å². The predicted molar refractivity (Wildman–Crippen MR) is 69.3 cm³/mol. The molecule has 6 heteroatoms. The van der Waals surface area contributed by atoms with Crippen LogP contribution in [0.15, 0.2) is 16.5 Å². The average molecular weight is 265 g/mol. The molecular formula is C13H19N3O3. The highest BCUT2D eigenvalue weighted by atomic mass is 16.4. The van der Waals surface area contributed by atoms with Crippen molar-refractivity contribution in [3.8, 4) is 0 Å². The van der Waals surface area contributed by atoms with Crippen LogP contribution in [0.1, 0.15) is 36.1 Å². The van der Waals surface area contributed by atoms with E-state index in [0.29, 0.717) is 18.7 Å². The highest BCUT2D eigenvalue weighted by Gasteiger charge is 2.23. The van der Waals surface area contributed by atoms with E-state index in [9.17, 15) is 9.59 Å². The van der Waals surface area contributed by atoms with Crippen molar-refractivity contribution in [2.45, 2.75) is 32.4 Å². The van der Waals surface area contributed by atoms with Crippen LogP contribution in [0.5, 0.6) is 0 Å². The number of nitrogens with two attached hydrogens (primary N) is 1. The first-order valence-corrected chi connectivity index (χ1v) is 6.47. The molecule has 1 aromatic heterocycles. The lowest BCUT2D eigenvalue weighted by Crippen LogP contribution is -2.42. The molecule has 2 amide bonds. The maximum absolute atomic E-state index is 11.9. The molecule has 0 aliphatic carbocycles. The van der Waals surface area contributed by atoms with Crippen LogP contribution in [-0.2, 0) is 11.3 Å². The van der Waals surface area contributed by atoms with E-state index in [1.807, 2.05) is 6.92 Å². The van der Waals surface area contributed by atoms with Crippen LogP contribution in [-0.4, -0.2) is 35.8 Å². The number of rotatable bonds is 5. The number of carbonyl (C=O) groups excluding carboxylic acids is 2. The van der Waals surface area contributed by atoms with E-state index < -0.39 is 0 Å². The third kappa shape index (κ3) is 3.35. The SMILES string of the molecule is CC(CN1CCCC1=O)NC(=O)c1ccc(CN)o1. The van der Waals surface area contributed by atoms with E-state index in [1.54, 1.807) is 17.0 Å². The van der Waals surface area contributed by atoms with Crippen molar-refractivity contribution in [1.82, 2.24) is 10.2 Å². The van der Waals surface area contributed by atoms with E-state index >= 15 is 0 Å². The number of nitrogens with zero attached hydrogens (tertiary/aromatic N) is 1. The Labute approximate surface area is 111 Å². The van der Waals surface area contributed by atoms with Crippen molar-refractivity contribution < 1.29 is 14.0 Å². The van der Waals surface area contributed by atoms with Gasteiger partial charge in [0.05, 0.1) is 6.54 Å². The number of hydrogen-bond donors (Lipinski definition) is 2. The lowest BCUT2D eigenvalue weighted by Gasteiger charge is -2.21. The Balaban J connectivity index is 1.86. The minimum Gasteiger partial charge on any atom is -0.455 e. The Morgan fingerprint density at radius 1 is 1.58 bits per heavy atom. The lowest BCUT2D eigenvalue weighted by molar-refractivity contribution is -0.127. The second-order valence-corrected chi connectivity index (χ2v) is 4.79. The number of nitrogens with one attached hydrogen (secondary N) is 1. The van der Waals surface area contributed by atoms with E-state index in [4.69, 9.17) is 10.2 Å². The van der Waals surface area contributed by atoms with Gasteiger partial charge in [0.2, 0.25) is 5.91 Å². The third-order valence-electron chi connectivity index (χ3n) is 3.13. The Morgan fingerprint density at radius 2 is 2.37 bits per heavy atom. The summed E-state index contributed by atoms with van der Waals surface area (Å²) in [6.45, 7) is 3.45. The van der Waals surface area contributed by atoms with Crippen LogP contribution in [0.3, 0.4) is 0 Å². The summed E-state index contributed by atoms with van der Waals surface area (Å²) in [7, 11) is 0. The molecule has 1 unspecified atom stereocenters. The zero-order valence-electron chi connectivity index (χ0n) is 11.0. The van der Waals surface area contributed by atoms with Crippen molar-refractivity contribution in [2.24, 2.45) is 5.73 Å². The molecule has 2 rings (SSSR count). The molecular weight excluding hydrogens is 246 g/mol. The van der Waals surface area contributed by atoms with E-state index in [2.05, 4.69) is 5.32 Å². The highest BCUT2D eigenvalue weighted by Crippen LogP contribution is 2.11. The molecule has 1 aliphatic rings. The molecule has 6 nitrogen and oxygen atoms in total. The number of carbonyl (C=O) groups is 2. The van der Waals surface area contributed by atoms with Crippen LogP contribution in [0, 0.1) is 0 Å². The van der Waals surface area contributed by atoms with Crippen molar-refractivity contribution in [3.63, 3.8) is 0 Å². The fraction of sp³-hybridized carbons (Fsp3) is 0.538. The van der Waals surface area contributed by atoms with Crippen molar-refractivity contribution >= 4 is 11.8 Å². The first kappa shape index (κ1) is 13.6. The minimum atomic E-state index is -0.279. The van der Waals surface area contributed by atoms with Gasteiger partial charge in [-0.05, 0) is 25.5 Å². The second kappa shape index (κ2) is 5.88. The quantitative estimate of drug-likeness (QED) is 0.810. The summed E-state index contributed by atoms with van der Waals surface area (Å²) in [6.07, 6.45) is 1.51. The maximum atomic E-state index is 11.9. The molecule has 1 aromatic rings. The first-order valence-electron chi connectivity index (χ1n) is 6.47. The molecule has 0 radical (unpaired) electrons. The Kier molecular flexibility index (Phi) is 4.21. The Bertz CT molecular complexity index is 469. The molecule has 0 saturated carbocycles. The summed E-state index contributed by atoms with van der Waals surface area (Å²) in [5.41, 5.74) is 5.42. The van der Waals surface area contributed by atoms with Crippen LogP contribution in [0.4, 0.5) is 0 Å².